The van der Waals surface area contributed by atoms with E-state index in [4.69, 9.17) is 5.26 Å². The number of nitriles is 1. The quantitative estimate of drug-likeness (QED) is 0.858. The summed E-state index contributed by atoms with van der Waals surface area (Å²) < 4.78 is 27.5. The van der Waals surface area contributed by atoms with Crippen LogP contribution in [0.25, 0.3) is 0 Å². The molecule has 102 valence electrons. The number of hydrogen-bond acceptors (Lipinski definition) is 3. The van der Waals surface area contributed by atoms with Gasteiger partial charge < -0.3 is 5.32 Å². The minimum absolute atomic E-state index is 0.0201. The first-order valence-electron chi connectivity index (χ1n) is 5.90. The maximum atomic E-state index is 13.7. The normalized spacial score (nSPS) is 10.1. The lowest BCUT2D eigenvalue weighted by molar-refractivity contribution is 0.559. The topological polar surface area (TPSA) is 35.8 Å². The van der Waals surface area contributed by atoms with Crippen LogP contribution in [0.15, 0.2) is 41.3 Å². The van der Waals surface area contributed by atoms with Crippen molar-refractivity contribution in [2.45, 2.75) is 11.4 Å². The molecule has 0 heterocycles. The molecule has 0 aliphatic heterocycles. The summed E-state index contributed by atoms with van der Waals surface area (Å²) in [6.07, 6.45) is 1.93. The van der Waals surface area contributed by atoms with Crippen molar-refractivity contribution >= 4 is 17.4 Å². The smallest absolute Gasteiger partial charge is 0.132 e. The Labute approximate surface area is 120 Å². The number of anilines is 1. The zero-order chi connectivity index (χ0) is 14.5. The second kappa shape index (κ2) is 6.40. The van der Waals surface area contributed by atoms with Crippen LogP contribution in [0.4, 0.5) is 14.5 Å². The van der Waals surface area contributed by atoms with Crippen molar-refractivity contribution in [1.29, 1.82) is 5.26 Å². The van der Waals surface area contributed by atoms with Crippen molar-refractivity contribution < 1.29 is 8.78 Å². The van der Waals surface area contributed by atoms with Gasteiger partial charge in [-0.05, 0) is 30.5 Å². The van der Waals surface area contributed by atoms with Crippen LogP contribution in [0.1, 0.15) is 11.1 Å². The van der Waals surface area contributed by atoms with Gasteiger partial charge in [-0.3, -0.25) is 0 Å². The molecule has 0 saturated carbocycles. The molecule has 0 aliphatic rings. The number of rotatable bonds is 4. The summed E-state index contributed by atoms with van der Waals surface area (Å²) in [6, 6.07) is 11.3. The fourth-order valence-electron chi connectivity index (χ4n) is 1.81. The number of nitrogens with zero attached hydrogens (tertiary/aromatic N) is 1. The van der Waals surface area contributed by atoms with E-state index in [1.54, 1.807) is 17.8 Å². The van der Waals surface area contributed by atoms with Crippen LogP contribution in [0.5, 0.6) is 0 Å². The summed E-state index contributed by atoms with van der Waals surface area (Å²) in [7, 11) is 0. The van der Waals surface area contributed by atoms with Crippen molar-refractivity contribution in [1.82, 2.24) is 0 Å². The molecule has 2 rings (SSSR count). The lowest BCUT2D eigenvalue weighted by atomic mass is 10.1. The fraction of sp³-hybridized carbons (Fsp3) is 0.133. The zero-order valence-corrected chi connectivity index (χ0v) is 11.6. The Morgan fingerprint density at radius 1 is 1.20 bits per heavy atom. The van der Waals surface area contributed by atoms with Crippen LogP contribution in [0.2, 0.25) is 0 Å². The number of hydrogen-bond donors (Lipinski definition) is 1. The number of thioether (sulfide) groups is 1. The highest BCUT2D eigenvalue weighted by Crippen LogP contribution is 2.25. The number of para-hydroxylation sites is 1. The van der Waals surface area contributed by atoms with E-state index in [9.17, 15) is 8.78 Å². The van der Waals surface area contributed by atoms with E-state index < -0.39 is 11.6 Å². The first kappa shape index (κ1) is 14.4. The summed E-state index contributed by atoms with van der Waals surface area (Å²) in [5.74, 6) is -1.42. The van der Waals surface area contributed by atoms with Gasteiger partial charge in [0.25, 0.3) is 0 Å². The van der Waals surface area contributed by atoms with E-state index in [0.717, 1.165) is 22.7 Å². The van der Waals surface area contributed by atoms with Crippen LogP contribution in [0, 0.1) is 23.0 Å². The molecule has 1 N–H and O–H groups in total. The molecule has 2 nitrogen and oxygen atoms in total. The van der Waals surface area contributed by atoms with Gasteiger partial charge in [0, 0.05) is 22.7 Å². The number of nitrogens with one attached hydrogen (secondary N) is 1. The van der Waals surface area contributed by atoms with Gasteiger partial charge >= 0.3 is 0 Å². The molecule has 0 saturated heterocycles. The van der Waals surface area contributed by atoms with Crippen molar-refractivity contribution in [2.24, 2.45) is 0 Å². The minimum atomic E-state index is -0.712. The Hall–Kier alpha value is -2.06. The Morgan fingerprint density at radius 3 is 2.45 bits per heavy atom. The van der Waals surface area contributed by atoms with E-state index in [2.05, 4.69) is 5.32 Å². The molecular weight excluding hydrogens is 278 g/mol. The van der Waals surface area contributed by atoms with E-state index in [0.29, 0.717) is 0 Å². The third kappa shape index (κ3) is 3.09. The lowest BCUT2D eigenvalue weighted by Crippen LogP contribution is -2.06. The van der Waals surface area contributed by atoms with E-state index >= 15 is 0 Å². The van der Waals surface area contributed by atoms with E-state index in [1.807, 2.05) is 30.5 Å². The Morgan fingerprint density at radius 2 is 1.85 bits per heavy atom. The Kier molecular flexibility index (Phi) is 4.59. The minimum Gasteiger partial charge on any atom is -0.380 e. The maximum absolute atomic E-state index is 13.7. The molecule has 0 aliphatic carbocycles. The summed E-state index contributed by atoms with van der Waals surface area (Å²) >= 11 is 1.55. The first-order chi connectivity index (χ1) is 9.65. The van der Waals surface area contributed by atoms with Gasteiger partial charge in [-0.1, -0.05) is 12.1 Å². The maximum Gasteiger partial charge on any atom is 0.132 e. The van der Waals surface area contributed by atoms with Crippen molar-refractivity contribution in [2.75, 3.05) is 11.6 Å². The summed E-state index contributed by atoms with van der Waals surface area (Å²) in [5, 5.41) is 11.7. The number of halogens is 2. The highest BCUT2D eigenvalue weighted by molar-refractivity contribution is 7.98. The molecule has 0 aromatic heterocycles. The average molecular weight is 290 g/mol. The Balaban J connectivity index is 2.22. The molecule has 0 atom stereocenters. The molecular formula is C15H12F2N2S. The van der Waals surface area contributed by atoms with E-state index in [-0.39, 0.29) is 17.7 Å². The highest BCUT2D eigenvalue weighted by atomic mass is 32.2. The van der Waals surface area contributed by atoms with Gasteiger partial charge in [-0.15, -0.1) is 11.8 Å². The largest absolute Gasteiger partial charge is 0.380 e. The van der Waals surface area contributed by atoms with Gasteiger partial charge in [-0.2, -0.15) is 5.26 Å². The molecule has 0 radical (unpaired) electrons. The predicted molar refractivity (Wildman–Crippen MR) is 76.6 cm³/mol. The van der Waals surface area contributed by atoms with Crippen LogP contribution >= 0.6 is 11.8 Å². The SMILES string of the molecule is CSc1ccccc1NCc1c(F)cc(C#N)cc1F. The standard InChI is InChI=1S/C15H12F2N2S/c1-20-15-5-3-2-4-14(15)19-9-11-12(16)6-10(8-18)7-13(11)17/h2-7,19H,9H2,1H3. The van der Waals surface area contributed by atoms with Crippen molar-refractivity contribution in [3.63, 3.8) is 0 Å². The zero-order valence-electron chi connectivity index (χ0n) is 10.8. The highest BCUT2D eigenvalue weighted by Gasteiger charge is 2.11. The third-order valence-corrected chi connectivity index (χ3v) is 3.63. The third-order valence-electron chi connectivity index (χ3n) is 2.83. The summed E-state index contributed by atoms with van der Waals surface area (Å²) in [4.78, 5) is 1.00. The predicted octanol–water partition coefficient (Wildman–Crippen LogP) is 4.17. The molecule has 0 bridgehead atoms. The molecule has 0 unspecified atom stereocenters. The first-order valence-corrected chi connectivity index (χ1v) is 7.13. The second-order valence-corrected chi connectivity index (χ2v) is 4.93. The number of benzene rings is 2. The van der Waals surface area contributed by atoms with Crippen molar-refractivity contribution in [3.05, 3.63) is 59.2 Å². The summed E-state index contributed by atoms with van der Waals surface area (Å²) in [6.45, 7) is 0.0287. The second-order valence-electron chi connectivity index (χ2n) is 4.08. The lowest BCUT2D eigenvalue weighted by Gasteiger charge is -2.11. The molecule has 0 spiro atoms. The van der Waals surface area contributed by atoms with Crippen LogP contribution < -0.4 is 5.32 Å². The molecule has 5 heteroatoms. The monoisotopic (exact) mass is 290 g/mol. The molecule has 0 amide bonds. The molecule has 20 heavy (non-hydrogen) atoms. The van der Waals surface area contributed by atoms with Gasteiger partial charge in [0.05, 0.1) is 11.6 Å². The fourth-order valence-corrected chi connectivity index (χ4v) is 2.39. The molecule has 0 fully saturated rings. The van der Waals surface area contributed by atoms with E-state index in [1.165, 1.54) is 0 Å². The average Bonchev–Trinajstić information content (AvgIpc) is 2.46. The van der Waals surface area contributed by atoms with Gasteiger partial charge in [0.15, 0.2) is 0 Å². The Bertz CT molecular complexity index is 642. The molecule has 2 aromatic carbocycles. The van der Waals surface area contributed by atoms with Gasteiger partial charge in [0.1, 0.15) is 11.6 Å². The van der Waals surface area contributed by atoms with Gasteiger partial charge in [0.2, 0.25) is 0 Å². The summed E-state index contributed by atoms with van der Waals surface area (Å²) in [5.41, 5.74) is 0.733. The van der Waals surface area contributed by atoms with Crippen LogP contribution in [0.3, 0.4) is 0 Å². The molecule has 2 aromatic rings. The van der Waals surface area contributed by atoms with Crippen LogP contribution in [-0.2, 0) is 6.54 Å². The van der Waals surface area contributed by atoms with Crippen LogP contribution in [-0.4, -0.2) is 6.26 Å². The van der Waals surface area contributed by atoms with Crippen molar-refractivity contribution in [3.8, 4) is 6.07 Å². The van der Waals surface area contributed by atoms with Gasteiger partial charge in [-0.25, -0.2) is 8.78 Å².